The minimum absolute atomic E-state index is 0.166. The number of nitrogens with zero attached hydrogens (tertiary/aromatic N) is 1. The van der Waals surface area contributed by atoms with Gasteiger partial charge in [-0.3, -0.25) is 4.79 Å². The van der Waals surface area contributed by atoms with Gasteiger partial charge in [0.2, 0.25) is 0 Å². The summed E-state index contributed by atoms with van der Waals surface area (Å²) in [7, 11) is 0. The molecule has 0 amide bonds. The van der Waals surface area contributed by atoms with Crippen molar-refractivity contribution in [2.45, 2.75) is 52.4 Å². The Balaban J connectivity index is 3.95. The van der Waals surface area contributed by atoms with Crippen LogP contribution in [0.3, 0.4) is 0 Å². The molecule has 4 heteroatoms. The maximum absolute atomic E-state index is 11.5. The molecule has 0 spiro atoms. The van der Waals surface area contributed by atoms with Crippen LogP contribution in [-0.2, 0) is 14.3 Å². The van der Waals surface area contributed by atoms with E-state index in [0.717, 1.165) is 25.7 Å². The van der Waals surface area contributed by atoms with E-state index in [2.05, 4.69) is 11.7 Å². The molecule has 17 heavy (non-hydrogen) atoms. The minimum Gasteiger partial charge on any atom is -0.460 e. The SMILES string of the molecule is CCCCCCCC(C#N)C(=O)C(=O)OCC. The van der Waals surface area contributed by atoms with Gasteiger partial charge in [0.25, 0.3) is 5.78 Å². The van der Waals surface area contributed by atoms with Crippen LogP contribution < -0.4 is 0 Å². The Kier molecular flexibility index (Phi) is 9.04. The molecule has 1 atom stereocenters. The second-order valence-electron chi connectivity index (χ2n) is 3.97. The first-order valence-electron chi connectivity index (χ1n) is 6.27. The van der Waals surface area contributed by atoms with Gasteiger partial charge in [0, 0.05) is 0 Å². The number of nitriles is 1. The summed E-state index contributed by atoms with van der Waals surface area (Å²) in [5.41, 5.74) is 0. The van der Waals surface area contributed by atoms with Crippen LogP contribution in [0, 0.1) is 17.2 Å². The Bertz CT molecular complexity index is 281. The average Bonchev–Trinajstić information content (AvgIpc) is 2.33. The number of ether oxygens (including phenoxy) is 1. The number of carbonyl (C=O) groups is 2. The van der Waals surface area contributed by atoms with E-state index < -0.39 is 17.7 Å². The Morgan fingerprint density at radius 3 is 2.35 bits per heavy atom. The first-order valence-corrected chi connectivity index (χ1v) is 6.27. The molecule has 4 nitrogen and oxygen atoms in total. The summed E-state index contributed by atoms with van der Waals surface area (Å²) >= 11 is 0. The van der Waals surface area contributed by atoms with Crippen molar-refractivity contribution in [3.63, 3.8) is 0 Å². The molecular formula is C13H21NO3. The first-order chi connectivity index (χ1) is 8.17. The zero-order valence-corrected chi connectivity index (χ0v) is 10.7. The topological polar surface area (TPSA) is 67.2 Å². The Hall–Kier alpha value is -1.37. The van der Waals surface area contributed by atoms with Crippen molar-refractivity contribution < 1.29 is 14.3 Å². The number of ketones is 1. The normalized spacial score (nSPS) is 11.6. The van der Waals surface area contributed by atoms with Gasteiger partial charge in [0.05, 0.1) is 12.7 Å². The van der Waals surface area contributed by atoms with E-state index in [1.807, 2.05) is 6.07 Å². The first kappa shape index (κ1) is 15.6. The largest absolute Gasteiger partial charge is 0.460 e. The molecule has 0 aromatic rings. The second-order valence-corrected chi connectivity index (χ2v) is 3.97. The van der Waals surface area contributed by atoms with Gasteiger partial charge >= 0.3 is 5.97 Å². The summed E-state index contributed by atoms with van der Waals surface area (Å²) in [5.74, 6) is -2.42. The molecule has 0 N–H and O–H groups in total. The molecule has 0 aliphatic rings. The number of hydrogen-bond donors (Lipinski definition) is 0. The zero-order valence-electron chi connectivity index (χ0n) is 10.7. The molecule has 96 valence electrons. The molecule has 0 aliphatic heterocycles. The van der Waals surface area contributed by atoms with Gasteiger partial charge in [0.15, 0.2) is 0 Å². The van der Waals surface area contributed by atoms with Crippen molar-refractivity contribution in [1.29, 1.82) is 5.26 Å². The smallest absolute Gasteiger partial charge is 0.376 e. The van der Waals surface area contributed by atoms with Gasteiger partial charge < -0.3 is 4.74 Å². The Labute approximate surface area is 103 Å². The van der Waals surface area contributed by atoms with Crippen molar-refractivity contribution in [3.05, 3.63) is 0 Å². The van der Waals surface area contributed by atoms with Gasteiger partial charge in [-0.1, -0.05) is 39.0 Å². The predicted molar refractivity (Wildman–Crippen MR) is 64.1 cm³/mol. The number of rotatable bonds is 9. The number of Topliss-reactive ketones (excluding diaryl/α,β-unsaturated/α-hetero) is 1. The minimum atomic E-state index is -0.882. The van der Waals surface area contributed by atoms with Gasteiger partial charge in [-0.2, -0.15) is 5.26 Å². The summed E-state index contributed by atoms with van der Waals surface area (Å²) < 4.78 is 4.59. The third-order valence-corrected chi connectivity index (χ3v) is 2.55. The number of esters is 1. The van der Waals surface area contributed by atoms with Crippen LogP contribution in [0.15, 0.2) is 0 Å². The molecule has 0 radical (unpaired) electrons. The molecule has 0 heterocycles. The van der Waals surface area contributed by atoms with Crippen molar-refractivity contribution >= 4 is 11.8 Å². The number of hydrogen-bond acceptors (Lipinski definition) is 4. The van der Waals surface area contributed by atoms with Gasteiger partial charge in [-0.25, -0.2) is 4.79 Å². The highest BCUT2D eigenvalue weighted by atomic mass is 16.5. The zero-order chi connectivity index (χ0) is 13.1. The third-order valence-electron chi connectivity index (χ3n) is 2.55. The lowest BCUT2D eigenvalue weighted by atomic mass is 9.97. The lowest BCUT2D eigenvalue weighted by Crippen LogP contribution is -2.25. The third kappa shape index (κ3) is 6.72. The predicted octanol–water partition coefficient (Wildman–Crippen LogP) is 2.62. The van der Waals surface area contributed by atoms with Crippen LogP contribution in [0.1, 0.15) is 52.4 Å². The number of unbranched alkanes of at least 4 members (excludes halogenated alkanes) is 4. The molecule has 0 saturated heterocycles. The fourth-order valence-electron chi connectivity index (χ4n) is 1.55. The van der Waals surface area contributed by atoms with E-state index in [-0.39, 0.29) is 6.61 Å². The van der Waals surface area contributed by atoms with E-state index in [1.54, 1.807) is 6.92 Å². The lowest BCUT2D eigenvalue weighted by Gasteiger charge is -2.06. The highest BCUT2D eigenvalue weighted by Crippen LogP contribution is 2.12. The molecule has 0 aromatic heterocycles. The molecule has 0 aliphatic carbocycles. The highest BCUT2D eigenvalue weighted by Gasteiger charge is 2.25. The van der Waals surface area contributed by atoms with Crippen molar-refractivity contribution in [1.82, 2.24) is 0 Å². The van der Waals surface area contributed by atoms with Gasteiger partial charge in [-0.15, -0.1) is 0 Å². The van der Waals surface area contributed by atoms with Crippen molar-refractivity contribution in [2.24, 2.45) is 5.92 Å². The molecule has 0 saturated carbocycles. The van der Waals surface area contributed by atoms with Crippen LogP contribution >= 0.6 is 0 Å². The van der Waals surface area contributed by atoms with E-state index in [9.17, 15) is 9.59 Å². The average molecular weight is 239 g/mol. The van der Waals surface area contributed by atoms with E-state index in [0.29, 0.717) is 6.42 Å². The van der Waals surface area contributed by atoms with Gasteiger partial charge in [-0.05, 0) is 13.3 Å². The van der Waals surface area contributed by atoms with E-state index in [1.165, 1.54) is 6.42 Å². The summed E-state index contributed by atoms with van der Waals surface area (Å²) in [5, 5.41) is 8.84. The van der Waals surface area contributed by atoms with Crippen LogP contribution in [0.5, 0.6) is 0 Å². The molecule has 0 rings (SSSR count). The monoisotopic (exact) mass is 239 g/mol. The van der Waals surface area contributed by atoms with E-state index in [4.69, 9.17) is 5.26 Å². The Morgan fingerprint density at radius 1 is 1.18 bits per heavy atom. The van der Waals surface area contributed by atoms with Crippen molar-refractivity contribution in [3.8, 4) is 6.07 Å². The van der Waals surface area contributed by atoms with Crippen LogP contribution in [0.25, 0.3) is 0 Å². The van der Waals surface area contributed by atoms with Crippen LogP contribution in [-0.4, -0.2) is 18.4 Å². The summed E-state index contributed by atoms with van der Waals surface area (Å²) in [6.45, 7) is 3.93. The fourth-order valence-corrected chi connectivity index (χ4v) is 1.55. The van der Waals surface area contributed by atoms with Crippen LogP contribution in [0.2, 0.25) is 0 Å². The summed E-state index contributed by atoms with van der Waals surface area (Å²) in [4.78, 5) is 22.6. The number of carbonyl (C=O) groups excluding carboxylic acids is 2. The molecule has 0 aromatic carbocycles. The van der Waals surface area contributed by atoms with Gasteiger partial charge in [0.1, 0.15) is 5.92 Å². The quantitative estimate of drug-likeness (QED) is 0.352. The molecular weight excluding hydrogens is 218 g/mol. The second kappa shape index (κ2) is 9.83. The standard InChI is InChI=1S/C13H21NO3/c1-3-5-6-7-8-9-11(10-14)12(15)13(16)17-4-2/h11H,3-9H2,1-2H3. The Morgan fingerprint density at radius 2 is 1.82 bits per heavy atom. The summed E-state index contributed by atoms with van der Waals surface area (Å²) in [6.07, 6.45) is 5.71. The molecule has 0 bridgehead atoms. The molecule has 1 unspecified atom stereocenters. The highest BCUT2D eigenvalue weighted by molar-refractivity contribution is 6.35. The lowest BCUT2D eigenvalue weighted by molar-refractivity contribution is -0.154. The van der Waals surface area contributed by atoms with Crippen molar-refractivity contribution in [2.75, 3.05) is 6.61 Å². The maximum atomic E-state index is 11.5. The van der Waals surface area contributed by atoms with E-state index >= 15 is 0 Å². The fraction of sp³-hybridized carbons (Fsp3) is 0.769. The maximum Gasteiger partial charge on any atom is 0.376 e. The molecule has 0 fully saturated rings. The summed E-state index contributed by atoms with van der Waals surface area (Å²) in [6, 6.07) is 1.88. The van der Waals surface area contributed by atoms with Crippen LogP contribution in [0.4, 0.5) is 0 Å².